The summed E-state index contributed by atoms with van der Waals surface area (Å²) in [5.74, 6) is -3.59. The second-order valence-corrected chi connectivity index (χ2v) is 2.99. The number of aliphatic carboxylic acids is 1. The Morgan fingerprint density at radius 2 is 1.73 bits per heavy atom. The second kappa shape index (κ2) is 5.63. The van der Waals surface area contributed by atoms with E-state index in [2.05, 4.69) is 9.26 Å². The summed E-state index contributed by atoms with van der Waals surface area (Å²) in [5.41, 5.74) is -2.50. The molecule has 2 atom stereocenters. The predicted octanol–water partition coefficient (Wildman–Crippen LogP) is -0.911. The number of carboxylic acid groups (broad SMARTS) is 1. The fourth-order valence-corrected chi connectivity index (χ4v) is 0.888. The third-order valence-electron chi connectivity index (χ3n) is 1.63. The van der Waals surface area contributed by atoms with Gasteiger partial charge in [0.1, 0.15) is 0 Å². The third-order valence-corrected chi connectivity index (χ3v) is 1.89. The molecule has 15 heavy (non-hydrogen) atoms. The molecule has 0 aliphatic carbocycles. The van der Waals surface area contributed by atoms with E-state index in [9.17, 15) is 19.5 Å². The van der Waals surface area contributed by atoms with Gasteiger partial charge in [0.2, 0.25) is 0 Å². The average molecular weight is 238 g/mol. The number of hydrogen-bond acceptors (Lipinski definition) is 6. The van der Waals surface area contributed by atoms with Gasteiger partial charge < -0.3 is 19.5 Å². The Hall–Kier alpha value is -1.20. The van der Waals surface area contributed by atoms with E-state index < -0.39 is 36.4 Å². The van der Waals surface area contributed by atoms with Crippen LogP contribution in [-0.4, -0.2) is 40.8 Å². The molecule has 0 saturated heterocycles. The van der Waals surface area contributed by atoms with Crippen LogP contribution < -0.4 is 0 Å². The van der Waals surface area contributed by atoms with Crippen LogP contribution in [0.2, 0.25) is 0 Å². The van der Waals surface area contributed by atoms with Crippen LogP contribution in [0.25, 0.3) is 0 Å². The lowest BCUT2D eigenvalue weighted by Crippen LogP contribution is -2.43. The summed E-state index contributed by atoms with van der Waals surface area (Å²) < 4.78 is 8.31. The Kier molecular flexibility index (Phi) is 5.18. The Bertz CT molecular complexity index is 257. The Morgan fingerprint density at radius 3 is 2.07 bits per heavy atom. The SMILES string of the molecule is COC(=O)CC(O)(CC(=O)OP)C(=O)O. The molecule has 0 bridgehead atoms. The van der Waals surface area contributed by atoms with E-state index in [1.165, 1.54) is 0 Å². The summed E-state index contributed by atoms with van der Waals surface area (Å²) >= 11 is 0. The van der Waals surface area contributed by atoms with Crippen molar-refractivity contribution in [3.05, 3.63) is 0 Å². The van der Waals surface area contributed by atoms with Crippen LogP contribution >= 0.6 is 9.47 Å². The first-order chi connectivity index (χ1) is 6.85. The van der Waals surface area contributed by atoms with Crippen molar-refractivity contribution in [2.45, 2.75) is 18.4 Å². The van der Waals surface area contributed by atoms with Crippen LogP contribution in [-0.2, 0) is 23.6 Å². The van der Waals surface area contributed by atoms with Crippen LogP contribution in [0.15, 0.2) is 0 Å². The molecule has 0 aliphatic rings. The zero-order valence-corrected chi connectivity index (χ0v) is 9.08. The van der Waals surface area contributed by atoms with Crippen molar-refractivity contribution in [3.63, 3.8) is 0 Å². The number of carbonyl (C=O) groups is 3. The molecule has 7 nitrogen and oxygen atoms in total. The van der Waals surface area contributed by atoms with Gasteiger partial charge in [-0.2, -0.15) is 0 Å². The number of ether oxygens (including phenoxy) is 1. The van der Waals surface area contributed by atoms with Gasteiger partial charge in [0.25, 0.3) is 0 Å². The van der Waals surface area contributed by atoms with Gasteiger partial charge in [-0.1, -0.05) is 0 Å². The van der Waals surface area contributed by atoms with Crippen molar-refractivity contribution >= 4 is 27.4 Å². The van der Waals surface area contributed by atoms with Gasteiger partial charge in [-0.15, -0.1) is 0 Å². The number of carboxylic acids is 1. The predicted molar refractivity (Wildman–Crippen MR) is 49.6 cm³/mol. The summed E-state index contributed by atoms with van der Waals surface area (Å²) in [7, 11) is 2.66. The first-order valence-corrected chi connectivity index (χ1v) is 4.25. The zero-order chi connectivity index (χ0) is 12.1. The maximum absolute atomic E-state index is 10.8. The first kappa shape index (κ1) is 13.8. The van der Waals surface area contributed by atoms with Crippen molar-refractivity contribution in [2.75, 3.05) is 7.11 Å². The third kappa shape index (κ3) is 4.22. The minimum atomic E-state index is -2.50. The maximum atomic E-state index is 10.8. The molecule has 0 aromatic heterocycles. The number of hydrogen-bond donors (Lipinski definition) is 2. The topological polar surface area (TPSA) is 110 Å². The monoisotopic (exact) mass is 238 g/mol. The molecular weight excluding hydrogens is 227 g/mol. The van der Waals surface area contributed by atoms with Gasteiger partial charge in [0, 0.05) is 0 Å². The number of aliphatic hydroxyl groups is 1. The van der Waals surface area contributed by atoms with E-state index >= 15 is 0 Å². The van der Waals surface area contributed by atoms with Gasteiger partial charge in [-0.25, -0.2) is 4.79 Å². The minimum absolute atomic E-state index is 0.821. The van der Waals surface area contributed by atoms with Crippen LogP contribution in [0, 0.1) is 0 Å². The minimum Gasteiger partial charge on any atom is -0.479 e. The van der Waals surface area contributed by atoms with Gasteiger partial charge in [-0.3, -0.25) is 9.59 Å². The highest BCUT2D eigenvalue weighted by Gasteiger charge is 2.41. The van der Waals surface area contributed by atoms with Crippen LogP contribution in [0.1, 0.15) is 12.8 Å². The second-order valence-electron chi connectivity index (χ2n) is 2.76. The quantitative estimate of drug-likeness (QED) is 0.471. The lowest BCUT2D eigenvalue weighted by molar-refractivity contribution is -0.170. The average Bonchev–Trinajstić information content (AvgIpc) is 2.16. The zero-order valence-electron chi connectivity index (χ0n) is 7.93. The molecule has 0 radical (unpaired) electrons. The molecule has 0 heterocycles. The van der Waals surface area contributed by atoms with E-state index in [1.807, 2.05) is 0 Å². The number of methoxy groups -OCH3 is 1. The summed E-state index contributed by atoms with van der Waals surface area (Å²) in [5, 5.41) is 18.1. The normalized spacial score (nSPS) is 13.8. The van der Waals surface area contributed by atoms with Crippen LogP contribution in [0.4, 0.5) is 0 Å². The molecule has 0 aromatic carbocycles. The van der Waals surface area contributed by atoms with Crippen molar-refractivity contribution in [3.8, 4) is 0 Å². The standard InChI is InChI=1S/C7H11O7P/c1-13-4(8)2-7(12,6(10)11)3-5(9)14-15/h12H,2-3,15H2,1H3,(H,10,11). The molecule has 0 fully saturated rings. The lowest BCUT2D eigenvalue weighted by Gasteiger charge is -2.20. The maximum Gasteiger partial charge on any atom is 0.336 e. The number of carbonyl (C=O) groups excluding carboxylic acids is 2. The molecule has 0 saturated carbocycles. The summed E-state index contributed by atoms with van der Waals surface area (Å²) in [6, 6.07) is 0. The van der Waals surface area contributed by atoms with Crippen LogP contribution in [0.5, 0.6) is 0 Å². The van der Waals surface area contributed by atoms with E-state index in [4.69, 9.17) is 5.11 Å². The lowest BCUT2D eigenvalue weighted by atomic mass is 9.96. The fourth-order valence-electron chi connectivity index (χ4n) is 0.805. The molecule has 0 aliphatic heterocycles. The molecule has 0 rings (SSSR count). The Balaban J connectivity index is 4.67. The smallest absolute Gasteiger partial charge is 0.336 e. The summed E-state index contributed by atoms with van der Waals surface area (Å²) in [4.78, 5) is 32.2. The molecule has 8 heteroatoms. The van der Waals surface area contributed by atoms with Crippen molar-refractivity contribution in [2.24, 2.45) is 0 Å². The summed E-state index contributed by atoms with van der Waals surface area (Å²) in [6.45, 7) is 0. The molecule has 86 valence electrons. The van der Waals surface area contributed by atoms with Crippen molar-refractivity contribution in [1.82, 2.24) is 0 Å². The van der Waals surface area contributed by atoms with E-state index in [0.717, 1.165) is 7.11 Å². The van der Waals surface area contributed by atoms with Crippen molar-refractivity contribution < 1.29 is 33.9 Å². The van der Waals surface area contributed by atoms with E-state index in [-0.39, 0.29) is 0 Å². The highest BCUT2D eigenvalue weighted by atomic mass is 31.0. The van der Waals surface area contributed by atoms with E-state index in [0.29, 0.717) is 0 Å². The molecule has 2 N–H and O–H groups in total. The largest absolute Gasteiger partial charge is 0.479 e. The molecule has 0 spiro atoms. The first-order valence-electron chi connectivity index (χ1n) is 3.78. The molecule has 2 unspecified atom stereocenters. The Labute approximate surface area is 87.6 Å². The Morgan fingerprint density at radius 1 is 1.27 bits per heavy atom. The van der Waals surface area contributed by atoms with Crippen molar-refractivity contribution in [1.29, 1.82) is 0 Å². The molecule has 0 amide bonds. The highest BCUT2D eigenvalue weighted by Crippen LogP contribution is 2.18. The molecule has 0 aromatic rings. The highest BCUT2D eigenvalue weighted by molar-refractivity contribution is 7.10. The molecular formula is C7H11O7P. The summed E-state index contributed by atoms with van der Waals surface area (Å²) in [6.07, 6.45) is -1.65. The number of rotatable bonds is 5. The van der Waals surface area contributed by atoms with Gasteiger partial charge in [0.05, 0.1) is 29.4 Å². The van der Waals surface area contributed by atoms with Gasteiger partial charge in [0.15, 0.2) is 5.60 Å². The number of esters is 1. The fraction of sp³-hybridized carbons (Fsp3) is 0.571. The van der Waals surface area contributed by atoms with E-state index in [1.54, 1.807) is 9.47 Å². The van der Waals surface area contributed by atoms with Gasteiger partial charge in [-0.05, 0) is 0 Å². The van der Waals surface area contributed by atoms with Crippen LogP contribution in [0.3, 0.4) is 0 Å². The van der Waals surface area contributed by atoms with Gasteiger partial charge >= 0.3 is 17.9 Å².